The minimum atomic E-state index is -7.84. The largest absolute Gasteiger partial charge is 0.465 e. The fraction of sp³-hybridized carbons (Fsp3) is 0.615. The summed E-state index contributed by atoms with van der Waals surface area (Å²) in [4.78, 5) is 25.5. The molecule has 0 aromatic carbocycles. The summed E-state index contributed by atoms with van der Waals surface area (Å²) < 4.78 is 161. The van der Waals surface area contributed by atoms with Gasteiger partial charge in [-0.25, -0.2) is 18.6 Å². The summed E-state index contributed by atoms with van der Waals surface area (Å²) >= 11 is 0.0178. The second-order valence-corrected chi connectivity index (χ2v) is 6.60. The summed E-state index contributed by atoms with van der Waals surface area (Å²) in [7, 11) is 0.853. The quantitative estimate of drug-likeness (QED) is 0.418. The third-order valence-electron chi connectivity index (χ3n) is 3.55. The van der Waals surface area contributed by atoms with Crippen molar-refractivity contribution in [1.29, 1.82) is 0 Å². The number of halogens is 12. The van der Waals surface area contributed by atoms with Crippen molar-refractivity contribution in [3.63, 3.8) is 0 Å². The molecule has 1 aromatic heterocycles. The topological polar surface area (TPSA) is 68.3 Å². The predicted octanol–water partition coefficient (Wildman–Crippen LogP) is 4.62. The molecule has 31 heavy (non-hydrogen) atoms. The van der Waals surface area contributed by atoms with E-state index >= 15 is 0 Å². The van der Waals surface area contributed by atoms with Crippen molar-refractivity contribution in [2.45, 2.75) is 43.0 Å². The van der Waals surface area contributed by atoms with Gasteiger partial charge in [0.05, 0.1) is 12.8 Å². The second-order valence-electron chi connectivity index (χ2n) is 5.60. The van der Waals surface area contributed by atoms with Crippen LogP contribution < -0.4 is 5.32 Å². The standard InChI is InChI=1S/C13H8F12N2O3S/c1-3-4(5(28)30-2)31-8(26-3)27-7(29)10(18,19)12(22,23)13(24,25)11(20,21)9(16,17)6(14)15/h6H,1-2H3,(H,26,27,29). The molecule has 0 aliphatic heterocycles. The zero-order valence-corrected chi connectivity index (χ0v) is 15.5. The molecule has 0 spiro atoms. The number of nitrogens with one attached hydrogen (secondary N) is 1. The predicted molar refractivity (Wildman–Crippen MR) is 77.6 cm³/mol. The van der Waals surface area contributed by atoms with E-state index < -0.39 is 57.9 Å². The first-order chi connectivity index (χ1) is 13.7. The number of hydrogen-bond acceptors (Lipinski definition) is 5. The molecule has 0 aliphatic carbocycles. The average Bonchev–Trinajstić information content (AvgIpc) is 3.00. The molecule has 1 rings (SSSR count). The fourth-order valence-corrected chi connectivity index (χ4v) is 2.67. The highest BCUT2D eigenvalue weighted by Crippen LogP contribution is 2.58. The highest BCUT2D eigenvalue weighted by molar-refractivity contribution is 7.17. The number of hydrogen-bond donors (Lipinski definition) is 1. The van der Waals surface area contributed by atoms with Crippen molar-refractivity contribution in [3.8, 4) is 0 Å². The molecule has 1 heterocycles. The second kappa shape index (κ2) is 8.01. The number of carbonyl (C=O) groups is 2. The smallest absolute Gasteiger partial charge is 0.393 e. The van der Waals surface area contributed by atoms with Crippen LogP contribution in [0.25, 0.3) is 0 Å². The Morgan fingerprint density at radius 1 is 0.935 bits per heavy atom. The number of ether oxygens (including phenoxy) is 1. The maximum atomic E-state index is 13.7. The summed E-state index contributed by atoms with van der Waals surface area (Å²) in [5.41, 5.74) is -0.323. The molecule has 1 aromatic rings. The first kappa shape index (κ1) is 26.8. The third kappa shape index (κ3) is 4.00. The number of anilines is 1. The normalized spacial score (nSPS) is 14.0. The van der Waals surface area contributed by atoms with Gasteiger partial charge in [0.15, 0.2) is 5.13 Å². The first-order valence-corrected chi connectivity index (χ1v) is 8.06. The van der Waals surface area contributed by atoms with Crippen molar-refractivity contribution in [2.75, 3.05) is 12.4 Å². The molecule has 0 unspecified atom stereocenters. The van der Waals surface area contributed by atoms with E-state index in [2.05, 4.69) is 9.72 Å². The molecule has 1 amide bonds. The number of carbonyl (C=O) groups excluding carboxylic acids is 2. The van der Waals surface area contributed by atoms with Crippen LogP contribution in [0.3, 0.4) is 0 Å². The Labute approximate surface area is 167 Å². The molecule has 0 saturated heterocycles. The Morgan fingerprint density at radius 3 is 1.84 bits per heavy atom. The summed E-state index contributed by atoms with van der Waals surface area (Å²) in [5.74, 6) is -41.7. The van der Waals surface area contributed by atoms with Crippen LogP contribution in [0.15, 0.2) is 0 Å². The SMILES string of the molecule is COC(=O)c1sc(NC(=O)C(F)(F)C(F)(F)C(F)(F)C(F)(F)C(F)(F)C(F)F)nc1C. The van der Waals surface area contributed by atoms with Gasteiger partial charge in [0, 0.05) is 0 Å². The lowest BCUT2D eigenvalue weighted by Crippen LogP contribution is -2.70. The van der Waals surface area contributed by atoms with E-state index in [4.69, 9.17) is 0 Å². The van der Waals surface area contributed by atoms with Gasteiger partial charge in [-0.15, -0.1) is 0 Å². The monoisotopic (exact) mass is 500 g/mol. The number of amides is 1. The Hall–Kier alpha value is -2.27. The van der Waals surface area contributed by atoms with Gasteiger partial charge in [-0.3, -0.25) is 10.1 Å². The minimum absolute atomic E-state index is 0.0178. The van der Waals surface area contributed by atoms with Gasteiger partial charge in [-0.1, -0.05) is 11.3 Å². The van der Waals surface area contributed by atoms with Crippen LogP contribution in [0.1, 0.15) is 15.4 Å². The lowest BCUT2D eigenvalue weighted by atomic mass is 9.94. The molecule has 1 N–H and O–H groups in total. The zero-order chi connectivity index (χ0) is 24.8. The molecular weight excluding hydrogens is 492 g/mol. The van der Waals surface area contributed by atoms with Crippen LogP contribution in [0.2, 0.25) is 0 Å². The van der Waals surface area contributed by atoms with Crippen LogP contribution in [-0.4, -0.2) is 60.0 Å². The van der Waals surface area contributed by atoms with Gasteiger partial charge in [0.25, 0.3) is 0 Å². The molecule has 0 aliphatic rings. The summed E-state index contributed by atoms with van der Waals surface area (Å²) in [6.45, 7) is 1.03. The molecule has 0 saturated carbocycles. The highest BCUT2D eigenvalue weighted by Gasteiger charge is 2.89. The van der Waals surface area contributed by atoms with E-state index in [0.29, 0.717) is 0 Å². The van der Waals surface area contributed by atoms with Gasteiger partial charge in [-0.05, 0) is 6.92 Å². The van der Waals surface area contributed by atoms with Crippen LogP contribution in [0, 0.1) is 6.92 Å². The molecule has 18 heteroatoms. The Kier molecular flexibility index (Phi) is 6.92. The van der Waals surface area contributed by atoms with Gasteiger partial charge in [-0.2, -0.15) is 43.9 Å². The Balaban J connectivity index is 3.34. The number of nitrogens with zero attached hydrogens (tertiary/aromatic N) is 1. The van der Waals surface area contributed by atoms with E-state index in [1.807, 2.05) is 0 Å². The molecule has 5 nitrogen and oxygen atoms in total. The first-order valence-electron chi connectivity index (χ1n) is 7.24. The van der Waals surface area contributed by atoms with Crippen molar-refractivity contribution in [3.05, 3.63) is 10.6 Å². The number of esters is 1. The van der Waals surface area contributed by atoms with E-state index in [1.165, 1.54) is 0 Å². The van der Waals surface area contributed by atoms with Crippen LogP contribution >= 0.6 is 11.3 Å². The lowest BCUT2D eigenvalue weighted by Gasteiger charge is -2.38. The average molecular weight is 500 g/mol. The number of aromatic nitrogens is 1. The Morgan fingerprint density at radius 2 is 1.42 bits per heavy atom. The zero-order valence-electron chi connectivity index (χ0n) is 14.7. The Bertz CT molecular complexity index is 855. The number of alkyl halides is 12. The summed E-state index contributed by atoms with van der Waals surface area (Å²) in [5, 5.41) is -0.261. The van der Waals surface area contributed by atoms with E-state index in [1.54, 1.807) is 0 Å². The van der Waals surface area contributed by atoms with E-state index in [9.17, 15) is 62.3 Å². The number of aryl methyl sites for hydroxylation is 1. The van der Waals surface area contributed by atoms with Gasteiger partial charge in [0.1, 0.15) is 4.88 Å². The molecule has 0 atom stereocenters. The van der Waals surface area contributed by atoms with E-state index in [-0.39, 0.29) is 17.0 Å². The summed E-state index contributed by atoms with van der Waals surface area (Å²) in [6, 6.07) is 0. The molecular formula is C13H8F12N2O3S. The van der Waals surface area contributed by atoms with Crippen molar-refractivity contribution in [2.24, 2.45) is 0 Å². The number of thiazole rings is 1. The van der Waals surface area contributed by atoms with Gasteiger partial charge >= 0.3 is 47.9 Å². The van der Waals surface area contributed by atoms with Gasteiger partial charge < -0.3 is 4.74 Å². The van der Waals surface area contributed by atoms with E-state index in [0.717, 1.165) is 19.4 Å². The molecule has 0 radical (unpaired) electrons. The molecule has 178 valence electrons. The minimum Gasteiger partial charge on any atom is -0.465 e. The maximum absolute atomic E-state index is 13.7. The van der Waals surface area contributed by atoms with Crippen molar-refractivity contribution >= 4 is 28.3 Å². The fourth-order valence-electron chi connectivity index (χ4n) is 1.79. The lowest BCUT2D eigenvalue weighted by molar-refractivity contribution is -0.406. The molecule has 0 fully saturated rings. The molecule has 0 bridgehead atoms. The maximum Gasteiger partial charge on any atom is 0.393 e. The van der Waals surface area contributed by atoms with Crippen molar-refractivity contribution in [1.82, 2.24) is 4.98 Å². The van der Waals surface area contributed by atoms with Crippen molar-refractivity contribution < 1.29 is 67.0 Å². The number of methoxy groups -OCH3 is 1. The third-order valence-corrected chi connectivity index (χ3v) is 4.60. The van der Waals surface area contributed by atoms with Crippen LogP contribution in [-0.2, 0) is 9.53 Å². The highest BCUT2D eigenvalue weighted by atomic mass is 32.1. The number of rotatable bonds is 8. The van der Waals surface area contributed by atoms with Crippen LogP contribution in [0.4, 0.5) is 57.8 Å². The summed E-state index contributed by atoms with van der Waals surface area (Å²) in [6.07, 6.45) is -5.65. The van der Waals surface area contributed by atoms with Crippen LogP contribution in [0.5, 0.6) is 0 Å². The van der Waals surface area contributed by atoms with Gasteiger partial charge in [0.2, 0.25) is 0 Å².